The molecule has 0 aromatic heterocycles. The Balaban J connectivity index is 1.69. The number of fused-ring (bicyclic) bond motifs is 1. The van der Waals surface area contributed by atoms with Gasteiger partial charge in [-0.1, -0.05) is 12.1 Å². The number of carbonyl (C=O) groups excluding carboxylic acids is 2. The van der Waals surface area contributed by atoms with E-state index in [0.29, 0.717) is 31.1 Å². The predicted molar refractivity (Wildman–Crippen MR) is 136 cm³/mol. The molecule has 0 saturated carbocycles. The minimum atomic E-state index is -1.11. The van der Waals surface area contributed by atoms with Crippen molar-refractivity contribution in [1.29, 1.82) is 0 Å². The molecule has 0 spiro atoms. The van der Waals surface area contributed by atoms with Gasteiger partial charge in [-0.15, -0.1) is 11.6 Å². The van der Waals surface area contributed by atoms with Crippen molar-refractivity contribution < 1.29 is 28.5 Å². The zero-order valence-corrected chi connectivity index (χ0v) is 22.4. The Morgan fingerprint density at radius 3 is 2.37 bits per heavy atom. The fraction of sp³-hybridized carbons (Fsp3) is 0.500. The number of halogens is 1. The molecule has 0 saturated heterocycles. The molecular weight excluding hydrogens is 468 g/mol. The van der Waals surface area contributed by atoms with Crippen molar-refractivity contribution in [3.63, 3.8) is 0 Å². The summed E-state index contributed by atoms with van der Waals surface area (Å²) in [7, 11) is 0. The summed E-state index contributed by atoms with van der Waals surface area (Å²) < 4.78 is 23.1. The monoisotopic (exact) mass is 502 g/mol. The zero-order chi connectivity index (χ0) is 26.0. The third-order valence-electron chi connectivity index (χ3n) is 6.51. The average Bonchev–Trinajstić information content (AvgIpc) is 2.80. The van der Waals surface area contributed by atoms with Crippen LogP contribution < -0.4 is 14.2 Å². The van der Waals surface area contributed by atoms with Crippen LogP contribution in [0, 0.1) is 20.8 Å². The van der Waals surface area contributed by atoms with E-state index in [9.17, 15) is 9.59 Å². The highest BCUT2D eigenvalue weighted by Crippen LogP contribution is 2.44. The van der Waals surface area contributed by atoms with Crippen LogP contribution in [-0.4, -0.2) is 35.6 Å². The van der Waals surface area contributed by atoms with Crippen LogP contribution in [0.25, 0.3) is 0 Å². The van der Waals surface area contributed by atoms with E-state index in [1.165, 1.54) is 6.92 Å². The summed E-state index contributed by atoms with van der Waals surface area (Å²) in [5.74, 6) is 1.45. The summed E-state index contributed by atoms with van der Waals surface area (Å²) in [5, 5.41) is 0. The molecule has 0 N–H and O–H groups in total. The van der Waals surface area contributed by atoms with Gasteiger partial charge in [-0.25, -0.2) is 0 Å². The molecule has 2 aromatic rings. The molecule has 0 bridgehead atoms. The molecule has 1 heterocycles. The van der Waals surface area contributed by atoms with Crippen molar-refractivity contribution in [2.75, 3.05) is 13.2 Å². The second-order valence-corrected chi connectivity index (χ2v) is 10.5. The molecule has 2 atom stereocenters. The van der Waals surface area contributed by atoms with E-state index in [4.69, 9.17) is 30.5 Å². The fourth-order valence-corrected chi connectivity index (χ4v) is 4.57. The van der Waals surface area contributed by atoms with Crippen LogP contribution in [0.2, 0.25) is 0 Å². The molecule has 2 aromatic carbocycles. The van der Waals surface area contributed by atoms with Crippen molar-refractivity contribution in [2.45, 2.75) is 78.2 Å². The van der Waals surface area contributed by atoms with E-state index in [0.717, 1.165) is 46.4 Å². The molecule has 6 nitrogen and oxygen atoms in total. The normalized spacial score (nSPS) is 18.6. The molecule has 0 radical (unpaired) electrons. The number of esters is 2. The summed E-state index contributed by atoms with van der Waals surface area (Å²) in [6.07, 6.45) is 1.93. The summed E-state index contributed by atoms with van der Waals surface area (Å²) >= 11 is 6.38. The van der Waals surface area contributed by atoms with Gasteiger partial charge < -0.3 is 18.9 Å². The van der Waals surface area contributed by atoms with Gasteiger partial charge in [-0.2, -0.15) is 0 Å². The number of carbonyl (C=O) groups is 2. The number of rotatable bonds is 8. The Hall–Kier alpha value is -2.73. The SMILES string of the molecule is CCOC(=O)C(C)(Cl)Cc1ccc(OCC2(C)CCc3c(C)c(OC(C)=O)c(C)c(C)c3O2)cc1. The van der Waals surface area contributed by atoms with Crippen molar-refractivity contribution in [1.82, 2.24) is 0 Å². The van der Waals surface area contributed by atoms with Crippen LogP contribution in [0.3, 0.4) is 0 Å². The van der Waals surface area contributed by atoms with E-state index in [1.54, 1.807) is 13.8 Å². The number of ether oxygens (including phenoxy) is 4. The van der Waals surface area contributed by atoms with Crippen LogP contribution in [0.4, 0.5) is 0 Å². The van der Waals surface area contributed by atoms with E-state index >= 15 is 0 Å². The fourth-order valence-electron chi connectivity index (χ4n) is 4.36. The lowest BCUT2D eigenvalue weighted by Gasteiger charge is -2.37. The summed E-state index contributed by atoms with van der Waals surface area (Å²) in [6, 6.07) is 7.56. The second-order valence-electron chi connectivity index (χ2n) is 9.68. The van der Waals surface area contributed by atoms with Gasteiger partial charge in [-0.3, -0.25) is 9.59 Å². The first-order valence-corrected chi connectivity index (χ1v) is 12.3. The lowest BCUT2D eigenvalue weighted by molar-refractivity contribution is -0.145. The Kier molecular flexibility index (Phi) is 8.05. The number of alkyl halides is 1. The quantitative estimate of drug-likeness (QED) is 0.258. The third-order valence-corrected chi connectivity index (χ3v) is 6.80. The zero-order valence-electron chi connectivity index (χ0n) is 21.7. The first-order chi connectivity index (χ1) is 16.4. The minimum absolute atomic E-state index is 0.297. The maximum atomic E-state index is 12.1. The summed E-state index contributed by atoms with van der Waals surface area (Å²) in [5.41, 5.74) is 4.33. The Labute approximate surface area is 212 Å². The van der Waals surface area contributed by atoms with Crippen molar-refractivity contribution in [3.8, 4) is 17.2 Å². The van der Waals surface area contributed by atoms with Gasteiger partial charge in [0.25, 0.3) is 0 Å². The molecule has 7 heteroatoms. The average molecular weight is 503 g/mol. The molecule has 2 unspecified atom stereocenters. The minimum Gasteiger partial charge on any atom is -0.489 e. The van der Waals surface area contributed by atoms with Crippen LogP contribution in [-0.2, 0) is 27.2 Å². The van der Waals surface area contributed by atoms with Crippen molar-refractivity contribution >= 4 is 23.5 Å². The largest absolute Gasteiger partial charge is 0.489 e. The molecule has 3 rings (SSSR count). The van der Waals surface area contributed by atoms with Crippen LogP contribution in [0.15, 0.2) is 24.3 Å². The Bertz CT molecular complexity index is 1110. The molecule has 190 valence electrons. The molecule has 0 fully saturated rings. The first-order valence-electron chi connectivity index (χ1n) is 11.9. The maximum absolute atomic E-state index is 12.1. The topological polar surface area (TPSA) is 71.1 Å². The van der Waals surface area contributed by atoms with Gasteiger partial charge in [0.15, 0.2) is 0 Å². The van der Waals surface area contributed by atoms with E-state index < -0.39 is 16.4 Å². The lowest BCUT2D eigenvalue weighted by Crippen LogP contribution is -2.42. The highest BCUT2D eigenvalue weighted by atomic mass is 35.5. The lowest BCUT2D eigenvalue weighted by atomic mass is 9.87. The standard InChI is InChI=1S/C28H35ClO6/c1-8-32-26(31)28(7,29)15-21-9-11-22(12-10-21)33-16-27(6)14-13-23-19(4)24(34-20(5)30)17(2)18(3)25(23)35-27/h9-12H,8,13-16H2,1-7H3. The van der Waals surface area contributed by atoms with Crippen LogP contribution >= 0.6 is 11.6 Å². The van der Waals surface area contributed by atoms with Crippen molar-refractivity contribution in [2.24, 2.45) is 0 Å². The predicted octanol–water partition coefficient (Wildman–Crippen LogP) is 5.80. The summed E-state index contributed by atoms with van der Waals surface area (Å²) in [4.78, 5) is 22.5. The van der Waals surface area contributed by atoms with Gasteiger partial charge in [0.05, 0.1) is 6.61 Å². The third kappa shape index (κ3) is 6.10. The molecule has 35 heavy (non-hydrogen) atoms. The number of hydrogen-bond donors (Lipinski definition) is 0. The number of hydrogen-bond acceptors (Lipinski definition) is 6. The summed E-state index contributed by atoms with van der Waals surface area (Å²) in [6.45, 7) is 13.5. The molecule has 1 aliphatic heterocycles. The smallest absolute Gasteiger partial charge is 0.327 e. The maximum Gasteiger partial charge on any atom is 0.327 e. The Morgan fingerprint density at radius 1 is 1.11 bits per heavy atom. The molecular formula is C28H35ClO6. The van der Waals surface area contributed by atoms with Gasteiger partial charge >= 0.3 is 11.9 Å². The molecule has 0 aliphatic carbocycles. The number of benzene rings is 2. The van der Waals surface area contributed by atoms with Gasteiger partial charge in [0, 0.05) is 18.9 Å². The van der Waals surface area contributed by atoms with Gasteiger partial charge in [0.2, 0.25) is 0 Å². The first kappa shape index (κ1) is 26.9. The Morgan fingerprint density at radius 2 is 1.77 bits per heavy atom. The van der Waals surface area contributed by atoms with E-state index in [-0.39, 0.29) is 5.97 Å². The van der Waals surface area contributed by atoms with Crippen LogP contribution in [0.1, 0.15) is 61.9 Å². The second kappa shape index (κ2) is 10.5. The van der Waals surface area contributed by atoms with Crippen LogP contribution in [0.5, 0.6) is 17.2 Å². The highest BCUT2D eigenvalue weighted by molar-refractivity contribution is 6.33. The molecule has 0 amide bonds. The van der Waals surface area contributed by atoms with Gasteiger partial charge in [0.1, 0.15) is 34.3 Å². The van der Waals surface area contributed by atoms with Crippen molar-refractivity contribution in [3.05, 3.63) is 52.1 Å². The van der Waals surface area contributed by atoms with E-state index in [2.05, 4.69) is 0 Å². The molecule has 1 aliphatic rings. The highest BCUT2D eigenvalue weighted by Gasteiger charge is 2.36. The van der Waals surface area contributed by atoms with Gasteiger partial charge in [-0.05, 0) is 88.8 Å². The van der Waals surface area contributed by atoms with E-state index in [1.807, 2.05) is 52.0 Å².